The van der Waals surface area contributed by atoms with Crippen LogP contribution in [0.2, 0.25) is 0 Å². The van der Waals surface area contributed by atoms with Crippen LogP contribution >= 0.6 is 0 Å². The molecule has 1 fully saturated rings. The SMILES string of the molecule is CC[C@@H]1C[C@@H]2Cc3c(ccc[n+]3C)[C@@H]2C1. The first-order chi connectivity index (χ1) is 7.29. The van der Waals surface area contributed by atoms with E-state index >= 15 is 0 Å². The molecule has 0 amide bonds. The van der Waals surface area contributed by atoms with Crippen molar-refractivity contribution in [3.63, 3.8) is 0 Å². The molecule has 0 bridgehead atoms. The van der Waals surface area contributed by atoms with Crippen LogP contribution in [-0.4, -0.2) is 0 Å². The van der Waals surface area contributed by atoms with E-state index < -0.39 is 0 Å². The minimum Gasteiger partial charge on any atom is -0.205 e. The normalized spacial score (nSPS) is 32.8. The molecule has 15 heavy (non-hydrogen) atoms. The van der Waals surface area contributed by atoms with Crippen molar-refractivity contribution in [1.82, 2.24) is 0 Å². The van der Waals surface area contributed by atoms with Crippen LogP contribution in [0.15, 0.2) is 18.3 Å². The van der Waals surface area contributed by atoms with Gasteiger partial charge in [-0.2, -0.15) is 0 Å². The second-order valence-electron chi connectivity index (χ2n) is 5.34. The molecule has 1 heterocycles. The van der Waals surface area contributed by atoms with Crippen molar-refractivity contribution in [2.24, 2.45) is 18.9 Å². The van der Waals surface area contributed by atoms with E-state index in [-0.39, 0.29) is 0 Å². The first-order valence-electron chi connectivity index (χ1n) is 6.27. The molecule has 1 saturated carbocycles. The molecule has 0 N–H and O–H groups in total. The number of nitrogens with zero attached hydrogens (tertiary/aromatic N) is 1. The van der Waals surface area contributed by atoms with Gasteiger partial charge in [0.1, 0.15) is 7.05 Å². The van der Waals surface area contributed by atoms with Crippen molar-refractivity contribution in [1.29, 1.82) is 0 Å². The summed E-state index contributed by atoms with van der Waals surface area (Å²) in [5.74, 6) is 2.84. The predicted octanol–water partition coefficient (Wildman–Crippen LogP) is 2.59. The fraction of sp³-hybridized carbons (Fsp3) is 0.643. The predicted molar refractivity (Wildman–Crippen MR) is 60.6 cm³/mol. The zero-order valence-corrected chi connectivity index (χ0v) is 9.74. The Bertz CT molecular complexity index is 383. The number of aromatic nitrogens is 1. The van der Waals surface area contributed by atoms with Crippen molar-refractivity contribution < 1.29 is 4.57 Å². The zero-order chi connectivity index (χ0) is 10.4. The van der Waals surface area contributed by atoms with Crippen molar-refractivity contribution in [3.8, 4) is 0 Å². The van der Waals surface area contributed by atoms with Crippen LogP contribution in [0, 0.1) is 11.8 Å². The Morgan fingerprint density at radius 2 is 2.27 bits per heavy atom. The lowest BCUT2D eigenvalue weighted by atomic mass is 9.96. The number of hydrogen-bond acceptors (Lipinski definition) is 0. The molecule has 1 aromatic rings. The summed E-state index contributed by atoms with van der Waals surface area (Å²) < 4.78 is 2.33. The summed E-state index contributed by atoms with van der Waals surface area (Å²) in [6.07, 6.45) is 7.81. The van der Waals surface area contributed by atoms with Gasteiger partial charge >= 0.3 is 0 Å². The maximum atomic E-state index is 2.36. The second kappa shape index (κ2) is 3.33. The van der Waals surface area contributed by atoms with Gasteiger partial charge in [-0.15, -0.1) is 0 Å². The van der Waals surface area contributed by atoms with Crippen molar-refractivity contribution >= 4 is 0 Å². The summed E-state index contributed by atoms with van der Waals surface area (Å²) in [5, 5.41) is 0. The highest BCUT2D eigenvalue weighted by atomic mass is 14.9. The highest BCUT2D eigenvalue weighted by Crippen LogP contribution is 2.50. The Morgan fingerprint density at radius 1 is 1.40 bits per heavy atom. The summed E-state index contributed by atoms with van der Waals surface area (Å²) in [4.78, 5) is 0. The van der Waals surface area contributed by atoms with Gasteiger partial charge in [-0.05, 0) is 36.7 Å². The smallest absolute Gasteiger partial charge is 0.184 e. The molecule has 1 heteroatoms. The summed E-state index contributed by atoms with van der Waals surface area (Å²) in [7, 11) is 2.19. The average molecular weight is 202 g/mol. The van der Waals surface area contributed by atoms with Gasteiger partial charge in [-0.25, -0.2) is 4.57 Å². The van der Waals surface area contributed by atoms with E-state index in [1.165, 1.54) is 25.7 Å². The Labute approximate surface area is 92.1 Å². The Morgan fingerprint density at radius 3 is 3.07 bits per heavy atom. The largest absolute Gasteiger partial charge is 0.205 e. The molecule has 1 nitrogen and oxygen atoms in total. The zero-order valence-electron chi connectivity index (χ0n) is 9.74. The maximum absolute atomic E-state index is 2.36. The van der Waals surface area contributed by atoms with Crippen LogP contribution in [-0.2, 0) is 13.5 Å². The summed E-state index contributed by atoms with van der Waals surface area (Å²) in [6, 6.07) is 4.57. The average Bonchev–Trinajstić information content (AvgIpc) is 2.76. The number of pyridine rings is 1. The van der Waals surface area contributed by atoms with Crippen LogP contribution in [0.25, 0.3) is 0 Å². The minimum atomic E-state index is 0.886. The second-order valence-corrected chi connectivity index (χ2v) is 5.34. The lowest BCUT2D eigenvalue weighted by Crippen LogP contribution is -2.33. The fourth-order valence-corrected chi connectivity index (χ4v) is 3.69. The third kappa shape index (κ3) is 1.32. The van der Waals surface area contributed by atoms with E-state index in [4.69, 9.17) is 0 Å². The molecule has 80 valence electrons. The van der Waals surface area contributed by atoms with Crippen LogP contribution in [0.4, 0.5) is 0 Å². The molecule has 3 atom stereocenters. The molecular weight excluding hydrogens is 182 g/mol. The van der Waals surface area contributed by atoms with Crippen LogP contribution in [0.3, 0.4) is 0 Å². The molecular formula is C14H20N+. The number of fused-ring (bicyclic) bond motifs is 3. The number of hydrogen-bond donors (Lipinski definition) is 0. The van der Waals surface area contributed by atoms with E-state index in [0.717, 1.165) is 17.8 Å². The van der Waals surface area contributed by atoms with E-state index in [1.54, 1.807) is 11.3 Å². The molecule has 1 aromatic heterocycles. The maximum Gasteiger partial charge on any atom is 0.184 e. The summed E-state index contributed by atoms with van der Waals surface area (Å²) in [6.45, 7) is 2.34. The first kappa shape index (κ1) is 9.38. The molecule has 0 saturated heterocycles. The van der Waals surface area contributed by atoms with E-state index in [9.17, 15) is 0 Å². The van der Waals surface area contributed by atoms with Gasteiger partial charge in [0.2, 0.25) is 0 Å². The molecule has 0 aliphatic heterocycles. The van der Waals surface area contributed by atoms with Gasteiger partial charge in [-0.3, -0.25) is 0 Å². The van der Waals surface area contributed by atoms with Gasteiger partial charge in [0.05, 0.1) is 0 Å². The summed E-state index contributed by atoms with van der Waals surface area (Å²) in [5.41, 5.74) is 3.25. The lowest BCUT2D eigenvalue weighted by molar-refractivity contribution is -0.679. The van der Waals surface area contributed by atoms with Crippen molar-refractivity contribution in [2.75, 3.05) is 0 Å². The van der Waals surface area contributed by atoms with E-state index in [1.807, 2.05) is 0 Å². The van der Waals surface area contributed by atoms with Crippen molar-refractivity contribution in [3.05, 3.63) is 29.6 Å². The molecule has 0 radical (unpaired) electrons. The van der Waals surface area contributed by atoms with Gasteiger partial charge < -0.3 is 0 Å². The quantitative estimate of drug-likeness (QED) is 0.616. The number of rotatable bonds is 1. The molecule has 0 aromatic carbocycles. The van der Waals surface area contributed by atoms with Gasteiger partial charge in [0.25, 0.3) is 0 Å². The van der Waals surface area contributed by atoms with Gasteiger partial charge in [0, 0.05) is 18.1 Å². The highest BCUT2D eigenvalue weighted by molar-refractivity contribution is 5.29. The molecule has 3 rings (SSSR count). The molecule has 2 aliphatic carbocycles. The van der Waals surface area contributed by atoms with Crippen LogP contribution in [0.1, 0.15) is 43.4 Å². The Balaban J connectivity index is 1.96. The Kier molecular flexibility index (Phi) is 2.08. The van der Waals surface area contributed by atoms with Gasteiger partial charge in [-0.1, -0.05) is 13.3 Å². The third-order valence-electron chi connectivity index (χ3n) is 4.57. The minimum absolute atomic E-state index is 0.886. The van der Waals surface area contributed by atoms with E-state index in [0.29, 0.717) is 0 Å². The first-order valence-corrected chi connectivity index (χ1v) is 6.27. The Hall–Kier alpha value is -0.850. The molecule has 2 aliphatic rings. The third-order valence-corrected chi connectivity index (χ3v) is 4.57. The fourth-order valence-electron chi connectivity index (χ4n) is 3.69. The standard InChI is InChI=1S/C14H20N/c1-3-10-7-11-9-14-12(13(11)8-10)5-4-6-15(14)2/h4-6,10-11,13H,3,7-9H2,1-2H3/q+1/t10-,11-,13-/m1/s1. The van der Waals surface area contributed by atoms with Crippen molar-refractivity contribution in [2.45, 2.75) is 38.5 Å². The highest BCUT2D eigenvalue weighted by Gasteiger charge is 2.43. The van der Waals surface area contributed by atoms with Crippen LogP contribution < -0.4 is 4.57 Å². The van der Waals surface area contributed by atoms with Crippen LogP contribution in [0.5, 0.6) is 0 Å². The number of aryl methyl sites for hydroxylation is 1. The lowest BCUT2D eigenvalue weighted by Gasteiger charge is -2.08. The topological polar surface area (TPSA) is 3.88 Å². The molecule has 0 spiro atoms. The van der Waals surface area contributed by atoms with Gasteiger partial charge in [0.15, 0.2) is 11.9 Å². The monoisotopic (exact) mass is 202 g/mol. The summed E-state index contributed by atoms with van der Waals surface area (Å²) >= 11 is 0. The van der Waals surface area contributed by atoms with E-state index in [2.05, 4.69) is 36.9 Å². The molecule has 0 unspecified atom stereocenters.